The Labute approximate surface area is 189 Å². The number of carbonyl (C=O) groups excluding carboxylic acids is 1. The number of nitrogens with zero attached hydrogens (tertiary/aromatic N) is 2. The highest BCUT2D eigenvalue weighted by atomic mass is 32.2. The highest BCUT2D eigenvalue weighted by Crippen LogP contribution is 2.28. The number of thioether (sulfide) groups is 1. The molecule has 1 aromatic carbocycles. The molecule has 1 amide bonds. The highest BCUT2D eigenvalue weighted by Gasteiger charge is 2.18. The van der Waals surface area contributed by atoms with Gasteiger partial charge in [-0.1, -0.05) is 35.5 Å². The second-order valence-corrected chi connectivity index (χ2v) is 9.20. The first-order valence-corrected chi connectivity index (χ1v) is 12.2. The molecule has 0 atom stereocenters. The second-order valence-electron chi connectivity index (χ2n) is 7.34. The van der Waals surface area contributed by atoms with Gasteiger partial charge in [0.1, 0.15) is 10.4 Å². The summed E-state index contributed by atoms with van der Waals surface area (Å²) >= 11 is 2.63. The Bertz CT molecular complexity index is 1170. The number of carbonyl (C=O) groups is 1. The van der Waals surface area contributed by atoms with Gasteiger partial charge >= 0.3 is 0 Å². The zero-order valence-corrected chi connectivity index (χ0v) is 19.1. The van der Waals surface area contributed by atoms with Crippen LogP contribution in [0.5, 0.6) is 5.75 Å². The van der Waals surface area contributed by atoms with Crippen molar-refractivity contribution in [3.63, 3.8) is 0 Å². The van der Waals surface area contributed by atoms with Crippen molar-refractivity contribution in [3.8, 4) is 11.4 Å². The van der Waals surface area contributed by atoms with Crippen LogP contribution in [0.1, 0.15) is 32.1 Å². The van der Waals surface area contributed by atoms with E-state index in [1.807, 2.05) is 35.7 Å². The molecule has 0 unspecified atom stereocenters. The summed E-state index contributed by atoms with van der Waals surface area (Å²) in [7, 11) is 1.57. The van der Waals surface area contributed by atoms with Gasteiger partial charge in [-0.3, -0.25) is 14.2 Å². The van der Waals surface area contributed by atoms with Gasteiger partial charge < -0.3 is 10.1 Å². The second kappa shape index (κ2) is 10.2. The quantitative estimate of drug-likeness (QED) is 0.306. The number of fused-ring (bicyclic) bond motifs is 1. The molecule has 3 aromatic rings. The van der Waals surface area contributed by atoms with Gasteiger partial charge in [-0.25, -0.2) is 4.98 Å². The highest BCUT2D eigenvalue weighted by molar-refractivity contribution is 7.99. The molecule has 31 heavy (non-hydrogen) atoms. The van der Waals surface area contributed by atoms with Crippen molar-refractivity contribution in [2.75, 3.05) is 19.4 Å². The standard InChI is InChI=1S/C23H25N3O3S2/c1-29-19-10-6-5-9-18(19)26-22(28)21-17(12-14-30-21)25-23(26)31-15-20(27)24-13-11-16-7-3-2-4-8-16/h5-7,9-10,12,14H,2-4,8,11,13,15H2,1H3,(H,24,27). The Morgan fingerprint density at radius 3 is 2.97 bits per heavy atom. The van der Waals surface area contributed by atoms with Gasteiger partial charge in [0, 0.05) is 6.54 Å². The smallest absolute Gasteiger partial charge is 0.276 e. The normalized spacial score (nSPS) is 13.8. The molecule has 1 aliphatic rings. The Kier molecular flexibility index (Phi) is 7.09. The fourth-order valence-corrected chi connectivity index (χ4v) is 5.29. The van der Waals surface area contributed by atoms with Crippen LogP contribution in [0, 0.1) is 0 Å². The Morgan fingerprint density at radius 2 is 2.16 bits per heavy atom. The number of hydrogen-bond acceptors (Lipinski definition) is 6. The number of methoxy groups -OCH3 is 1. The summed E-state index contributed by atoms with van der Waals surface area (Å²) < 4.78 is 7.59. The lowest BCUT2D eigenvalue weighted by Crippen LogP contribution is -2.27. The van der Waals surface area contributed by atoms with Crippen molar-refractivity contribution >= 4 is 39.2 Å². The van der Waals surface area contributed by atoms with Crippen molar-refractivity contribution < 1.29 is 9.53 Å². The first kappa shape index (κ1) is 21.6. The summed E-state index contributed by atoms with van der Waals surface area (Å²) in [4.78, 5) is 30.3. The molecular weight excluding hydrogens is 430 g/mol. The minimum absolute atomic E-state index is 0.0624. The largest absolute Gasteiger partial charge is 0.495 e. The van der Waals surface area contributed by atoms with E-state index >= 15 is 0 Å². The van der Waals surface area contributed by atoms with Crippen molar-refractivity contribution in [1.29, 1.82) is 0 Å². The molecule has 0 aliphatic heterocycles. The Hall–Kier alpha value is -2.58. The minimum atomic E-state index is -0.156. The minimum Gasteiger partial charge on any atom is -0.495 e. The van der Waals surface area contributed by atoms with E-state index in [1.165, 1.54) is 41.5 Å². The maximum absolute atomic E-state index is 13.2. The van der Waals surface area contributed by atoms with Gasteiger partial charge in [0.2, 0.25) is 5.91 Å². The van der Waals surface area contributed by atoms with E-state index in [4.69, 9.17) is 4.74 Å². The number of benzene rings is 1. The number of hydrogen-bond donors (Lipinski definition) is 1. The van der Waals surface area contributed by atoms with E-state index < -0.39 is 0 Å². The van der Waals surface area contributed by atoms with Crippen LogP contribution in [-0.2, 0) is 4.79 Å². The number of ether oxygens (including phenoxy) is 1. The topological polar surface area (TPSA) is 73.2 Å². The van der Waals surface area contributed by atoms with E-state index in [0.29, 0.717) is 33.4 Å². The van der Waals surface area contributed by atoms with Gasteiger partial charge in [-0.05, 0) is 55.7 Å². The van der Waals surface area contributed by atoms with Gasteiger partial charge in [0.25, 0.3) is 5.56 Å². The van der Waals surface area contributed by atoms with Gasteiger partial charge in [0.15, 0.2) is 5.16 Å². The first-order valence-electron chi connectivity index (χ1n) is 10.4. The van der Waals surface area contributed by atoms with Crippen LogP contribution in [-0.4, -0.2) is 34.9 Å². The number of nitrogens with one attached hydrogen (secondary N) is 1. The lowest BCUT2D eigenvalue weighted by molar-refractivity contribution is -0.118. The van der Waals surface area contributed by atoms with E-state index in [-0.39, 0.29) is 17.2 Å². The molecule has 2 heterocycles. The van der Waals surface area contributed by atoms with Crippen LogP contribution >= 0.6 is 23.1 Å². The predicted molar refractivity (Wildman–Crippen MR) is 127 cm³/mol. The maximum Gasteiger partial charge on any atom is 0.276 e. The van der Waals surface area contributed by atoms with Crippen molar-refractivity contribution in [1.82, 2.24) is 14.9 Å². The summed E-state index contributed by atoms with van der Waals surface area (Å²) in [5.41, 5.74) is 2.55. The van der Waals surface area contributed by atoms with Crippen LogP contribution in [0.3, 0.4) is 0 Å². The SMILES string of the molecule is COc1ccccc1-n1c(SCC(=O)NCCC2=CCCCC2)nc2ccsc2c1=O. The number of rotatable bonds is 8. The molecule has 4 rings (SSSR count). The number of thiophene rings is 1. The first-order chi connectivity index (χ1) is 15.2. The fraction of sp³-hybridized carbons (Fsp3) is 0.348. The molecule has 0 saturated carbocycles. The average Bonchev–Trinajstić information content (AvgIpc) is 3.27. The summed E-state index contributed by atoms with van der Waals surface area (Å²) in [6.07, 6.45) is 8.00. The summed E-state index contributed by atoms with van der Waals surface area (Å²) in [5.74, 6) is 0.707. The Morgan fingerprint density at radius 1 is 1.29 bits per heavy atom. The molecule has 6 nitrogen and oxygen atoms in total. The molecule has 1 N–H and O–H groups in total. The summed E-state index contributed by atoms with van der Waals surface area (Å²) in [6.45, 7) is 0.640. The number of para-hydroxylation sites is 2. The summed E-state index contributed by atoms with van der Waals surface area (Å²) in [5, 5.41) is 5.32. The fourth-order valence-electron chi connectivity index (χ4n) is 3.69. The third-order valence-corrected chi connectivity index (χ3v) is 7.09. The van der Waals surface area contributed by atoms with Crippen LogP contribution in [0.2, 0.25) is 0 Å². The van der Waals surface area contributed by atoms with Crippen molar-refractivity contribution in [2.45, 2.75) is 37.3 Å². The van der Waals surface area contributed by atoms with Gasteiger partial charge in [-0.2, -0.15) is 0 Å². The number of aromatic nitrogens is 2. The third kappa shape index (κ3) is 5.02. The molecule has 0 spiro atoms. The molecule has 0 bridgehead atoms. The summed E-state index contributed by atoms with van der Waals surface area (Å²) in [6, 6.07) is 9.16. The molecule has 0 radical (unpaired) electrons. The lowest BCUT2D eigenvalue weighted by Gasteiger charge is -2.15. The zero-order chi connectivity index (χ0) is 21.6. The average molecular weight is 456 g/mol. The van der Waals surface area contributed by atoms with Crippen LogP contribution in [0.25, 0.3) is 15.9 Å². The van der Waals surface area contributed by atoms with Gasteiger partial charge in [-0.15, -0.1) is 11.3 Å². The number of amides is 1. The van der Waals surface area contributed by atoms with E-state index in [1.54, 1.807) is 11.7 Å². The molecule has 0 saturated heterocycles. The molecule has 162 valence electrons. The van der Waals surface area contributed by atoms with E-state index in [2.05, 4.69) is 16.4 Å². The predicted octanol–water partition coefficient (Wildman–Crippen LogP) is 4.55. The molecule has 0 fully saturated rings. The van der Waals surface area contributed by atoms with Crippen LogP contribution < -0.4 is 15.6 Å². The molecular formula is C23H25N3O3S2. The molecule has 2 aromatic heterocycles. The zero-order valence-electron chi connectivity index (χ0n) is 17.4. The molecule has 1 aliphatic carbocycles. The van der Waals surface area contributed by atoms with Crippen LogP contribution in [0.4, 0.5) is 0 Å². The van der Waals surface area contributed by atoms with Crippen LogP contribution in [0.15, 0.2) is 57.3 Å². The number of allylic oxidation sites excluding steroid dienone is 1. The Balaban J connectivity index is 1.52. The third-order valence-electron chi connectivity index (χ3n) is 5.26. The van der Waals surface area contributed by atoms with E-state index in [0.717, 1.165) is 19.3 Å². The molecule has 8 heteroatoms. The maximum atomic E-state index is 13.2. The monoisotopic (exact) mass is 455 g/mol. The van der Waals surface area contributed by atoms with Crippen molar-refractivity contribution in [2.24, 2.45) is 0 Å². The van der Waals surface area contributed by atoms with Gasteiger partial charge in [0.05, 0.1) is 24.1 Å². The van der Waals surface area contributed by atoms with Crippen molar-refractivity contribution in [3.05, 3.63) is 57.7 Å². The van der Waals surface area contributed by atoms with E-state index in [9.17, 15) is 9.59 Å². The lowest BCUT2D eigenvalue weighted by atomic mass is 9.97.